The van der Waals surface area contributed by atoms with Crippen molar-refractivity contribution in [2.24, 2.45) is 0 Å². The van der Waals surface area contributed by atoms with Gasteiger partial charge in [-0.15, -0.1) is 23.1 Å². The van der Waals surface area contributed by atoms with Crippen LogP contribution in [0.1, 0.15) is 20.5 Å². The molecule has 1 atom stereocenters. The van der Waals surface area contributed by atoms with Gasteiger partial charge in [-0.2, -0.15) is 0 Å². The molecule has 0 saturated heterocycles. The zero-order chi connectivity index (χ0) is 22.3. The van der Waals surface area contributed by atoms with Crippen molar-refractivity contribution in [1.29, 1.82) is 0 Å². The molecule has 1 aromatic heterocycles. The molecule has 1 unspecified atom stereocenters. The van der Waals surface area contributed by atoms with Gasteiger partial charge < -0.3 is 10.6 Å². The lowest BCUT2D eigenvalue weighted by molar-refractivity contribution is -0.115. The summed E-state index contributed by atoms with van der Waals surface area (Å²) in [5.74, 6) is -0.715. The van der Waals surface area contributed by atoms with Crippen molar-refractivity contribution in [3.05, 3.63) is 113 Å². The number of rotatable bonds is 7. The van der Waals surface area contributed by atoms with Gasteiger partial charge in [-0.05, 0) is 65.5 Å². The van der Waals surface area contributed by atoms with E-state index in [1.165, 1.54) is 47.4 Å². The van der Waals surface area contributed by atoms with Crippen LogP contribution in [0.15, 0.2) is 101 Å². The monoisotopic (exact) mass is 462 g/mol. The molecule has 4 nitrogen and oxygen atoms in total. The van der Waals surface area contributed by atoms with Crippen molar-refractivity contribution in [3.63, 3.8) is 0 Å². The summed E-state index contributed by atoms with van der Waals surface area (Å²) in [5.41, 5.74) is 2.07. The number of halogens is 1. The van der Waals surface area contributed by atoms with Crippen LogP contribution in [0.4, 0.5) is 15.8 Å². The van der Waals surface area contributed by atoms with E-state index in [4.69, 9.17) is 0 Å². The van der Waals surface area contributed by atoms with Gasteiger partial charge in [0.25, 0.3) is 5.91 Å². The Labute approximate surface area is 193 Å². The summed E-state index contributed by atoms with van der Waals surface area (Å²) in [6.07, 6.45) is 0. The summed E-state index contributed by atoms with van der Waals surface area (Å²) in [7, 11) is 0. The maximum absolute atomic E-state index is 13.2. The molecule has 0 saturated carbocycles. The highest BCUT2D eigenvalue weighted by Gasteiger charge is 2.22. The molecule has 4 aromatic rings. The first kappa shape index (κ1) is 21.8. The first-order valence-electron chi connectivity index (χ1n) is 9.81. The van der Waals surface area contributed by atoms with Crippen LogP contribution in [0, 0.1) is 5.82 Å². The molecule has 0 aliphatic heterocycles. The molecule has 2 amide bonds. The Kier molecular flexibility index (Phi) is 6.99. The third-order valence-corrected chi connectivity index (χ3v) is 6.70. The summed E-state index contributed by atoms with van der Waals surface area (Å²) in [6, 6.07) is 26.1. The number of hydrogen-bond donors (Lipinski definition) is 2. The minimum atomic E-state index is -0.507. The molecule has 7 heteroatoms. The number of thiophene rings is 1. The fourth-order valence-electron chi connectivity index (χ4n) is 3.00. The van der Waals surface area contributed by atoms with E-state index in [1.54, 1.807) is 6.07 Å². The smallest absolute Gasteiger partial charge is 0.265 e. The number of amides is 2. The predicted octanol–water partition coefficient (Wildman–Crippen LogP) is 6.61. The largest absolute Gasteiger partial charge is 0.325 e. The molecule has 0 aliphatic rings. The molecule has 1 heterocycles. The van der Waals surface area contributed by atoms with Gasteiger partial charge in [-0.25, -0.2) is 4.39 Å². The average molecular weight is 463 g/mol. The number of carbonyl (C=O) groups is 2. The van der Waals surface area contributed by atoms with Gasteiger partial charge in [0, 0.05) is 16.3 Å². The Balaban J connectivity index is 1.49. The molecule has 0 bridgehead atoms. The molecular weight excluding hydrogens is 443 g/mol. The van der Waals surface area contributed by atoms with Crippen LogP contribution >= 0.6 is 23.1 Å². The quantitative estimate of drug-likeness (QED) is 0.304. The third kappa shape index (κ3) is 5.63. The van der Waals surface area contributed by atoms with Gasteiger partial charge in [-0.3, -0.25) is 9.59 Å². The highest BCUT2D eigenvalue weighted by molar-refractivity contribution is 8.00. The Morgan fingerprint density at radius 2 is 1.44 bits per heavy atom. The van der Waals surface area contributed by atoms with Crippen molar-refractivity contribution < 1.29 is 14.0 Å². The van der Waals surface area contributed by atoms with Gasteiger partial charge >= 0.3 is 0 Å². The molecule has 0 spiro atoms. The van der Waals surface area contributed by atoms with Gasteiger partial charge in [0.05, 0.1) is 4.88 Å². The van der Waals surface area contributed by atoms with Crippen molar-refractivity contribution in [3.8, 4) is 0 Å². The van der Waals surface area contributed by atoms with Crippen molar-refractivity contribution in [2.75, 3.05) is 10.6 Å². The Morgan fingerprint density at radius 3 is 2.09 bits per heavy atom. The number of carbonyl (C=O) groups excluding carboxylic acids is 2. The summed E-state index contributed by atoms with van der Waals surface area (Å²) >= 11 is 2.78. The molecule has 2 N–H and O–H groups in total. The second kappa shape index (κ2) is 10.3. The molecule has 0 aliphatic carbocycles. The highest BCUT2D eigenvalue weighted by Crippen LogP contribution is 2.36. The van der Waals surface area contributed by atoms with Crippen molar-refractivity contribution in [2.45, 2.75) is 10.1 Å². The number of anilines is 2. The number of hydrogen-bond acceptors (Lipinski definition) is 4. The van der Waals surface area contributed by atoms with E-state index in [0.717, 1.165) is 10.5 Å². The zero-order valence-corrected chi connectivity index (χ0v) is 18.5. The second-order valence-electron chi connectivity index (χ2n) is 6.86. The van der Waals surface area contributed by atoms with Gasteiger partial charge in [0.1, 0.15) is 11.1 Å². The molecule has 4 rings (SSSR count). The maximum atomic E-state index is 13.2. The summed E-state index contributed by atoms with van der Waals surface area (Å²) in [6.45, 7) is 0. The minimum Gasteiger partial charge on any atom is -0.325 e. The van der Waals surface area contributed by atoms with Gasteiger partial charge in [0.2, 0.25) is 5.91 Å². The SMILES string of the molecule is O=C(Nc1ccc(SC(C(=O)Nc2ccc(F)cc2)c2ccccc2)cc1)c1cccs1. The number of nitrogens with one attached hydrogen (secondary N) is 2. The van der Waals surface area contributed by atoms with Crippen LogP contribution < -0.4 is 10.6 Å². The maximum Gasteiger partial charge on any atom is 0.265 e. The first-order valence-corrected chi connectivity index (χ1v) is 11.6. The third-order valence-electron chi connectivity index (χ3n) is 4.56. The molecule has 32 heavy (non-hydrogen) atoms. The van der Waals surface area contributed by atoms with Gasteiger partial charge in [0.15, 0.2) is 0 Å². The van der Waals surface area contributed by atoms with E-state index in [9.17, 15) is 14.0 Å². The minimum absolute atomic E-state index is 0.152. The van der Waals surface area contributed by atoms with E-state index in [2.05, 4.69) is 10.6 Å². The summed E-state index contributed by atoms with van der Waals surface area (Å²) in [5, 5.41) is 7.08. The van der Waals surface area contributed by atoms with Crippen molar-refractivity contribution in [1.82, 2.24) is 0 Å². The Bertz CT molecular complexity index is 1180. The summed E-state index contributed by atoms with van der Waals surface area (Å²) < 4.78 is 13.2. The Hall–Kier alpha value is -3.42. The number of benzene rings is 3. The topological polar surface area (TPSA) is 58.2 Å². The molecule has 160 valence electrons. The second-order valence-corrected chi connectivity index (χ2v) is 8.99. The number of thioether (sulfide) groups is 1. The van der Waals surface area contributed by atoms with E-state index < -0.39 is 5.25 Å². The first-order chi connectivity index (χ1) is 15.6. The summed E-state index contributed by atoms with van der Waals surface area (Å²) in [4.78, 5) is 26.8. The highest BCUT2D eigenvalue weighted by atomic mass is 32.2. The van der Waals surface area contributed by atoms with Gasteiger partial charge in [-0.1, -0.05) is 36.4 Å². The van der Waals surface area contributed by atoms with E-state index in [1.807, 2.05) is 66.0 Å². The molecule has 0 radical (unpaired) electrons. The van der Waals surface area contributed by atoms with Crippen LogP contribution in [0.2, 0.25) is 0 Å². The van der Waals surface area contributed by atoms with Crippen LogP contribution in [0.25, 0.3) is 0 Å². The lowest BCUT2D eigenvalue weighted by Gasteiger charge is -2.17. The van der Waals surface area contributed by atoms with Crippen LogP contribution in [0.5, 0.6) is 0 Å². The fraction of sp³-hybridized carbons (Fsp3) is 0.0400. The lowest BCUT2D eigenvalue weighted by atomic mass is 10.1. The van der Waals surface area contributed by atoms with Crippen molar-refractivity contribution >= 4 is 46.3 Å². The fourth-order valence-corrected chi connectivity index (χ4v) is 4.64. The lowest BCUT2D eigenvalue weighted by Crippen LogP contribution is -2.19. The van der Waals surface area contributed by atoms with E-state index in [-0.39, 0.29) is 17.6 Å². The molecule has 3 aromatic carbocycles. The normalized spacial score (nSPS) is 11.5. The Morgan fingerprint density at radius 1 is 0.781 bits per heavy atom. The van der Waals surface area contributed by atoms with Crippen LogP contribution in [0.3, 0.4) is 0 Å². The zero-order valence-electron chi connectivity index (χ0n) is 16.8. The van der Waals surface area contributed by atoms with Crippen LogP contribution in [-0.4, -0.2) is 11.8 Å². The van der Waals surface area contributed by atoms with E-state index >= 15 is 0 Å². The van der Waals surface area contributed by atoms with Crippen LogP contribution in [-0.2, 0) is 4.79 Å². The average Bonchev–Trinajstić information content (AvgIpc) is 3.36. The molecular formula is C25H19FN2O2S2. The van der Waals surface area contributed by atoms with E-state index in [0.29, 0.717) is 16.3 Å². The standard InChI is InChI=1S/C25H19FN2O2S2/c26-18-8-10-19(11-9-18)28-25(30)23(17-5-2-1-3-6-17)32-21-14-12-20(13-15-21)27-24(29)22-7-4-16-31-22/h1-16,23H,(H,27,29)(H,28,30). The molecule has 0 fully saturated rings. The predicted molar refractivity (Wildman–Crippen MR) is 129 cm³/mol.